The average Bonchev–Trinajstić information content (AvgIpc) is 2.64. The zero-order valence-electron chi connectivity index (χ0n) is 16.2. The molecule has 28 heavy (non-hydrogen) atoms. The summed E-state index contributed by atoms with van der Waals surface area (Å²) in [5.41, 5.74) is -5.22. The van der Waals surface area contributed by atoms with Gasteiger partial charge in [0.15, 0.2) is 5.96 Å². The normalized spacial score (nSPS) is 23.4. The highest BCUT2D eigenvalue weighted by Crippen LogP contribution is 2.30. The van der Waals surface area contributed by atoms with Crippen LogP contribution in [0.5, 0.6) is 0 Å². The van der Waals surface area contributed by atoms with Crippen molar-refractivity contribution in [2.45, 2.75) is 43.9 Å². The van der Waals surface area contributed by atoms with Crippen LogP contribution in [0.15, 0.2) is 4.99 Å². The summed E-state index contributed by atoms with van der Waals surface area (Å²) in [6.45, 7) is 7.10. The Morgan fingerprint density at radius 3 is 2.39 bits per heavy atom. The quantitative estimate of drug-likeness (QED) is 0.320. The molecule has 1 N–H and O–H groups in total. The fraction of sp³-hybridized carbons (Fsp3) is 0.938. The number of nitrogens with zero attached hydrogens (tertiary/aromatic N) is 3. The maximum atomic E-state index is 12.7. The first-order valence-electron chi connectivity index (χ1n) is 9.40. The van der Waals surface area contributed by atoms with Gasteiger partial charge in [-0.15, -0.1) is 24.0 Å². The van der Waals surface area contributed by atoms with Gasteiger partial charge in [0.25, 0.3) is 0 Å². The molecule has 1 atom stereocenters. The van der Waals surface area contributed by atoms with E-state index >= 15 is 0 Å². The Morgan fingerprint density at radius 1 is 1.21 bits per heavy atom. The van der Waals surface area contributed by atoms with Crippen LogP contribution >= 0.6 is 35.7 Å². The average molecular weight is 558 g/mol. The van der Waals surface area contributed by atoms with Crippen molar-refractivity contribution < 1.29 is 21.6 Å². The van der Waals surface area contributed by atoms with Gasteiger partial charge in [-0.3, -0.25) is 4.99 Å². The molecule has 2 aliphatic heterocycles. The van der Waals surface area contributed by atoms with Gasteiger partial charge >= 0.3 is 15.5 Å². The van der Waals surface area contributed by atoms with Crippen molar-refractivity contribution in [3.05, 3.63) is 0 Å². The van der Waals surface area contributed by atoms with E-state index in [2.05, 4.69) is 17.1 Å². The monoisotopic (exact) mass is 558 g/mol. The van der Waals surface area contributed by atoms with Crippen LogP contribution in [-0.4, -0.2) is 79.4 Å². The molecule has 12 heteroatoms. The second-order valence-corrected chi connectivity index (χ2v) is 10.2. The van der Waals surface area contributed by atoms with Gasteiger partial charge in [-0.05, 0) is 32.1 Å². The number of thioether (sulfide) groups is 1. The summed E-state index contributed by atoms with van der Waals surface area (Å²) in [7, 11) is -5.21. The zero-order chi connectivity index (χ0) is 20.1. The third kappa shape index (κ3) is 6.79. The van der Waals surface area contributed by atoms with Gasteiger partial charge in [0.1, 0.15) is 0 Å². The molecule has 1 unspecified atom stereocenters. The van der Waals surface area contributed by atoms with Crippen LogP contribution in [0.2, 0.25) is 0 Å². The topological polar surface area (TPSA) is 65.0 Å². The maximum Gasteiger partial charge on any atom is 0.511 e. The predicted octanol–water partition coefficient (Wildman–Crippen LogP) is 2.96. The molecule has 166 valence electrons. The van der Waals surface area contributed by atoms with Crippen LogP contribution in [0.4, 0.5) is 13.2 Å². The highest BCUT2D eigenvalue weighted by atomic mass is 127. The van der Waals surface area contributed by atoms with E-state index in [9.17, 15) is 21.6 Å². The van der Waals surface area contributed by atoms with Crippen molar-refractivity contribution in [2.75, 3.05) is 45.0 Å². The minimum absolute atomic E-state index is 0. The SMILES string of the molecule is CCNC(=NCC1CCN(S(=O)(=O)C(F)(F)F)CC1)N1CCSC(CC)C1.I. The number of hydrogen-bond acceptors (Lipinski definition) is 4. The summed E-state index contributed by atoms with van der Waals surface area (Å²) in [4.78, 5) is 6.94. The Balaban J connectivity index is 0.00000392. The number of rotatable bonds is 5. The molecule has 0 aromatic rings. The molecule has 0 aliphatic carbocycles. The smallest absolute Gasteiger partial charge is 0.357 e. The van der Waals surface area contributed by atoms with E-state index in [-0.39, 0.29) is 43.0 Å². The second kappa shape index (κ2) is 11.4. The number of alkyl halides is 3. The van der Waals surface area contributed by atoms with Crippen LogP contribution in [0.3, 0.4) is 0 Å². The summed E-state index contributed by atoms with van der Waals surface area (Å²) < 4.78 is 61.5. The summed E-state index contributed by atoms with van der Waals surface area (Å²) >= 11 is 1.97. The Morgan fingerprint density at radius 2 is 1.86 bits per heavy atom. The van der Waals surface area contributed by atoms with Crippen LogP contribution in [0.25, 0.3) is 0 Å². The van der Waals surface area contributed by atoms with Crippen molar-refractivity contribution in [2.24, 2.45) is 10.9 Å². The first-order valence-corrected chi connectivity index (χ1v) is 11.9. The first kappa shape index (κ1) is 26.1. The number of guanidine groups is 1. The van der Waals surface area contributed by atoms with Gasteiger partial charge in [0.2, 0.25) is 0 Å². The Kier molecular flexibility index (Phi) is 10.7. The summed E-state index contributed by atoms with van der Waals surface area (Å²) in [6, 6.07) is 0. The lowest BCUT2D eigenvalue weighted by molar-refractivity contribution is -0.0496. The van der Waals surface area contributed by atoms with Crippen LogP contribution in [0, 0.1) is 5.92 Å². The zero-order valence-corrected chi connectivity index (χ0v) is 20.2. The van der Waals surface area contributed by atoms with Crippen LogP contribution in [-0.2, 0) is 10.0 Å². The van der Waals surface area contributed by atoms with Gasteiger partial charge in [0, 0.05) is 50.3 Å². The number of aliphatic imine (C=N–C) groups is 1. The molecule has 2 fully saturated rings. The van der Waals surface area contributed by atoms with E-state index in [1.54, 1.807) is 0 Å². The van der Waals surface area contributed by atoms with E-state index in [1.807, 2.05) is 18.7 Å². The lowest BCUT2D eigenvalue weighted by Gasteiger charge is -2.35. The standard InChI is InChI=1S/C16H29F3N4O2S2.HI/c1-3-14-12-22(9-10-26-14)15(20-4-2)21-11-13-5-7-23(8-6-13)27(24,25)16(17,18)19;/h13-14H,3-12H2,1-2H3,(H,20,21);1H. The molecule has 0 radical (unpaired) electrons. The largest absolute Gasteiger partial charge is 0.511 e. The Bertz CT molecular complexity index is 612. The summed E-state index contributed by atoms with van der Waals surface area (Å²) in [6.07, 6.45) is 1.89. The van der Waals surface area contributed by atoms with Gasteiger partial charge in [-0.25, -0.2) is 8.42 Å². The Hall–Kier alpha value is 0.0500. The third-order valence-corrected chi connectivity index (χ3v) is 7.94. The highest BCUT2D eigenvalue weighted by molar-refractivity contribution is 14.0. The molecule has 0 spiro atoms. The van der Waals surface area contributed by atoms with Gasteiger partial charge in [-0.1, -0.05) is 6.92 Å². The molecule has 0 aromatic heterocycles. The van der Waals surface area contributed by atoms with E-state index in [0.717, 1.165) is 37.8 Å². The van der Waals surface area contributed by atoms with Gasteiger partial charge < -0.3 is 10.2 Å². The maximum absolute atomic E-state index is 12.7. The fourth-order valence-corrected chi connectivity index (χ4v) is 5.44. The lowest BCUT2D eigenvalue weighted by Crippen LogP contribution is -2.48. The number of sulfonamides is 1. The first-order chi connectivity index (χ1) is 12.7. The van der Waals surface area contributed by atoms with E-state index < -0.39 is 15.5 Å². The molecule has 2 aliphatic rings. The molecular formula is C16H30F3IN4O2S2. The number of hydrogen-bond donors (Lipinski definition) is 1. The van der Waals surface area contributed by atoms with Gasteiger partial charge in [0.05, 0.1) is 0 Å². The fourth-order valence-electron chi connectivity index (χ4n) is 3.28. The van der Waals surface area contributed by atoms with E-state index in [4.69, 9.17) is 4.99 Å². The van der Waals surface area contributed by atoms with Crippen molar-refractivity contribution >= 4 is 51.7 Å². The van der Waals surface area contributed by atoms with Crippen molar-refractivity contribution in [1.29, 1.82) is 0 Å². The van der Waals surface area contributed by atoms with Gasteiger partial charge in [-0.2, -0.15) is 29.2 Å². The molecule has 2 saturated heterocycles. The molecule has 0 bridgehead atoms. The highest BCUT2D eigenvalue weighted by Gasteiger charge is 2.50. The molecule has 2 heterocycles. The second-order valence-electron chi connectivity index (χ2n) is 6.83. The Labute approximate surface area is 187 Å². The van der Waals surface area contributed by atoms with Crippen LogP contribution < -0.4 is 5.32 Å². The molecule has 0 saturated carbocycles. The molecule has 0 amide bonds. The molecular weight excluding hydrogens is 528 g/mol. The van der Waals surface area contributed by atoms with Crippen molar-refractivity contribution in [3.63, 3.8) is 0 Å². The predicted molar refractivity (Wildman–Crippen MR) is 119 cm³/mol. The molecule has 2 rings (SSSR count). The summed E-state index contributed by atoms with van der Waals surface area (Å²) in [5.74, 6) is 2.00. The lowest BCUT2D eigenvalue weighted by atomic mass is 9.98. The summed E-state index contributed by atoms with van der Waals surface area (Å²) in [5, 5.41) is 3.88. The number of halogens is 4. The third-order valence-electron chi connectivity index (χ3n) is 4.93. The van der Waals surface area contributed by atoms with E-state index in [0.29, 0.717) is 28.9 Å². The van der Waals surface area contributed by atoms with Crippen LogP contribution in [0.1, 0.15) is 33.1 Å². The van der Waals surface area contributed by atoms with E-state index in [1.165, 1.54) is 0 Å². The van der Waals surface area contributed by atoms with Crippen molar-refractivity contribution in [3.8, 4) is 0 Å². The molecule has 0 aromatic carbocycles. The number of piperidine rings is 1. The number of nitrogens with one attached hydrogen (secondary N) is 1. The molecule has 6 nitrogen and oxygen atoms in total. The minimum Gasteiger partial charge on any atom is -0.357 e. The minimum atomic E-state index is -5.22. The van der Waals surface area contributed by atoms with Crippen molar-refractivity contribution in [1.82, 2.24) is 14.5 Å².